The van der Waals surface area contributed by atoms with E-state index in [1.807, 2.05) is 4.90 Å². The molecule has 1 saturated heterocycles. The van der Waals surface area contributed by atoms with Gasteiger partial charge in [-0.05, 0) is 13.3 Å². The van der Waals surface area contributed by atoms with Crippen molar-refractivity contribution in [2.75, 3.05) is 13.1 Å². The first-order chi connectivity index (χ1) is 5.24. The highest BCUT2D eigenvalue weighted by Gasteiger charge is 2.27. The molecule has 1 aliphatic heterocycles. The molecule has 0 aromatic rings. The number of carboxylic acid groups (broad SMARTS) is 1. The fraction of sp³-hybridized carbons (Fsp3) is 0.625. The molecule has 1 rings (SSSR count). The van der Waals surface area contributed by atoms with E-state index in [2.05, 4.69) is 11.8 Å². The van der Waals surface area contributed by atoms with Crippen LogP contribution in [0.5, 0.6) is 0 Å². The number of hydrogen-bond acceptors (Lipinski definition) is 2. The first-order valence-electron chi connectivity index (χ1n) is 3.62. The highest BCUT2D eigenvalue weighted by Crippen LogP contribution is 2.14. The van der Waals surface area contributed by atoms with Gasteiger partial charge in [-0.15, -0.1) is 5.92 Å². The predicted molar refractivity (Wildman–Crippen MR) is 41.1 cm³/mol. The maximum atomic E-state index is 10.3. The Labute approximate surface area is 66.0 Å². The minimum atomic E-state index is -0.771. The second-order valence-electron chi connectivity index (χ2n) is 2.56. The van der Waals surface area contributed by atoms with Gasteiger partial charge < -0.3 is 5.11 Å². The number of rotatable bonds is 2. The Morgan fingerprint density at radius 1 is 1.82 bits per heavy atom. The molecule has 1 heterocycles. The Morgan fingerprint density at radius 2 is 2.55 bits per heavy atom. The Hall–Kier alpha value is -1.01. The third-order valence-electron chi connectivity index (χ3n) is 1.78. The van der Waals surface area contributed by atoms with E-state index >= 15 is 0 Å². The van der Waals surface area contributed by atoms with Gasteiger partial charge in [0, 0.05) is 6.54 Å². The van der Waals surface area contributed by atoms with Crippen LogP contribution < -0.4 is 0 Å². The topological polar surface area (TPSA) is 40.5 Å². The third-order valence-corrected chi connectivity index (χ3v) is 1.78. The van der Waals surface area contributed by atoms with E-state index in [-0.39, 0.29) is 12.6 Å². The van der Waals surface area contributed by atoms with Crippen LogP contribution in [0.3, 0.4) is 0 Å². The number of carbonyl (C=O) groups is 1. The summed E-state index contributed by atoms with van der Waals surface area (Å²) < 4.78 is 0. The normalized spacial score (nSPS) is 23.2. The lowest BCUT2D eigenvalue weighted by atomic mass is 10.0. The molecule has 3 nitrogen and oxygen atoms in total. The number of likely N-dealkylation sites (tertiary alicyclic amines) is 1. The van der Waals surface area contributed by atoms with Gasteiger partial charge in [-0.3, -0.25) is 9.69 Å². The van der Waals surface area contributed by atoms with Crippen LogP contribution in [0.15, 0.2) is 0 Å². The van der Waals surface area contributed by atoms with Gasteiger partial charge in [-0.25, -0.2) is 0 Å². The van der Waals surface area contributed by atoms with Crippen molar-refractivity contribution in [1.29, 1.82) is 0 Å². The van der Waals surface area contributed by atoms with Gasteiger partial charge in [0.05, 0.1) is 12.6 Å². The Balaban J connectivity index is 2.35. The van der Waals surface area contributed by atoms with Crippen molar-refractivity contribution in [2.24, 2.45) is 0 Å². The third kappa shape index (κ3) is 1.95. The summed E-state index contributed by atoms with van der Waals surface area (Å²) in [6.45, 7) is 2.77. The average Bonchev–Trinajstić information content (AvgIpc) is 1.93. The summed E-state index contributed by atoms with van der Waals surface area (Å²) in [5, 5.41) is 8.45. The molecule has 0 bridgehead atoms. The summed E-state index contributed by atoms with van der Waals surface area (Å²) >= 11 is 0. The fourth-order valence-electron chi connectivity index (χ4n) is 1.13. The zero-order chi connectivity index (χ0) is 8.27. The number of hydrogen-bond donors (Lipinski definition) is 1. The van der Waals surface area contributed by atoms with E-state index < -0.39 is 5.97 Å². The molecule has 0 spiro atoms. The Morgan fingerprint density at radius 3 is 2.91 bits per heavy atom. The van der Waals surface area contributed by atoms with Crippen molar-refractivity contribution in [1.82, 2.24) is 4.90 Å². The second kappa shape index (κ2) is 3.40. The molecule has 1 N–H and O–H groups in total. The molecule has 0 saturated carbocycles. The van der Waals surface area contributed by atoms with Crippen molar-refractivity contribution in [3.05, 3.63) is 0 Å². The van der Waals surface area contributed by atoms with Gasteiger partial charge in [-0.1, -0.05) is 5.92 Å². The molecular formula is C8H11NO2. The molecule has 1 fully saturated rings. The smallest absolute Gasteiger partial charge is 0.317 e. The predicted octanol–water partition coefficient (Wildman–Crippen LogP) is 0.169. The van der Waals surface area contributed by atoms with E-state index in [4.69, 9.17) is 5.11 Å². The second-order valence-corrected chi connectivity index (χ2v) is 2.56. The molecule has 0 aliphatic carbocycles. The van der Waals surface area contributed by atoms with E-state index in [1.165, 1.54) is 0 Å². The molecule has 0 radical (unpaired) electrons. The molecule has 1 unspecified atom stereocenters. The summed E-state index contributed by atoms with van der Waals surface area (Å²) in [5.74, 6) is 4.97. The van der Waals surface area contributed by atoms with Gasteiger partial charge in [0.15, 0.2) is 0 Å². The van der Waals surface area contributed by atoms with Crippen LogP contribution in [0.4, 0.5) is 0 Å². The quantitative estimate of drug-likeness (QED) is 0.575. The molecule has 3 heteroatoms. The van der Waals surface area contributed by atoms with Crippen LogP contribution in [-0.4, -0.2) is 35.1 Å². The van der Waals surface area contributed by atoms with E-state index in [1.54, 1.807) is 6.92 Å². The molecule has 11 heavy (non-hydrogen) atoms. The first kappa shape index (κ1) is 8.09. The van der Waals surface area contributed by atoms with Gasteiger partial charge in [0.2, 0.25) is 0 Å². The molecule has 1 aliphatic rings. The lowest BCUT2D eigenvalue weighted by molar-refractivity contribution is -0.139. The molecule has 60 valence electrons. The number of aliphatic carboxylic acids is 1. The van der Waals surface area contributed by atoms with Crippen molar-refractivity contribution < 1.29 is 9.90 Å². The lowest BCUT2D eigenvalue weighted by Gasteiger charge is -2.36. The number of nitrogens with zero attached hydrogens (tertiary/aromatic N) is 1. The highest BCUT2D eigenvalue weighted by molar-refractivity contribution is 5.69. The zero-order valence-corrected chi connectivity index (χ0v) is 6.50. The van der Waals surface area contributed by atoms with Crippen LogP contribution in [-0.2, 0) is 4.79 Å². The summed E-state index contributed by atoms with van der Waals surface area (Å²) in [7, 11) is 0. The van der Waals surface area contributed by atoms with Crippen LogP contribution in [0.2, 0.25) is 0 Å². The fourth-order valence-corrected chi connectivity index (χ4v) is 1.13. The summed E-state index contributed by atoms with van der Waals surface area (Å²) in [6.07, 6.45) is 1.01. The van der Waals surface area contributed by atoms with Crippen molar-refractivity contribution >= 4 is 5.97 Å². The summed E-state index contributed by atoms with van der Waals surface area (Å²) in [5.41, 5.74) is 0. The van der Waals surface area contributed by atoms with Crippen molar-refractivity contribution in [3.63, 3.8) is 0 Å². The van der Waals surface area contributed by atoms with E-state index in [9.17, 15) is 4.79 Å². The van der Waals surface area contributed by atoms with Gasteiger partial charge in [-0.2, -0.15) is 0 Å². The van der Waals surface area contributed by atoms with Crippen LogP contribution in [0.1, 0.15) is 13.3 Å². The summed E-state index contributed by atoms with van der Waals surface area (Å²) in [4.78, 5) is 12.1. The van der Waals surface area contributed by atoms with Crippen LogP contribution in [0, 0.1) is 11.8 Å². The minimum absolute atomic E-state index is 0.124. The van der Waals surface area contributed by atoms with Crippen LogP contribution >= 0.6 is 0 Å². The molecule has 0 aromatic heterocycles. The molecule has 1 atom stereocenters. The average molecular weight is 153 g/mol. The first-order valence-corrected chi connectivity index (χ1v) is 3.62. The minimum Gasteiger partial charge on any atom is -0.480 e. The molecular weight excluding hydrogens is 142 g/mol. The molecule has 0 aromatic carbocycles. The van der Waals surface area contributed by atoms with E-state index in [0.717, 1.165) is 13.0 Å². The maximum Gasteiger partial charge on any atom is 0.317 e. The van der Waals surface area contributed by atoms with Gasteiger partial charge >= 0.3 is 5.97 Å². The largest absolute Gasteiger partial charge is 0.480 e. The van der Waals surface area contributed by atoms with Crippen LogP contribution in [0.25, 0.3) is 0 Å². The van der Waals surface area contributed by atoms with Gasteiger partial charge in [0.25, 0.3) is 0 Å². The standard InChI is InChI=1S/C8H11NO2/c1-2-3-7-4-5-9(7)6-8(10)11/h7H,4-6H2,1H3,(H,10,11). The lowest BCUT2D eigenvalue weighted by Crippen LogP contribution is -2.49. The molecule has 0 amide bonds. The Bertz CT molecular complexity index is 214. The van der Waals surface area contributed by atoms with Crippen molar-refractivity contribution in [2.45, 2.75) is 19.4 Å². The summed E-state index contributed by atoms with van der Waals surface area (Å²) in [6, 6.07) is 0.191. The SMILES string of the molecule is CC#CC1CCN1CC(=O)O. The number of carboxylic acids is 1. The monoisotopic (exact) mass is 153 g/mol. The highest BCUT2D eigenvalue weighted by atomic mass is 16.4. The maximum absolute atomic E-state index is 10.3. The Kier molecular flexibility index (Phi) is 2.50. The van der Waals surface area contributed by atoms with Crippen molar-refractivity contribution in [3.8, 4) is 11.8 Å². The van der Waals surface area contributed by atoms with Gasteiger partial charge in [0.1, 0.15) is 0 Å². The van der Waals surface area contributed by atoms with E-state index in [0.29, 0.717) is 0 Å². The zero-order valence-electron chi connectivity index (χ0n) is 6.50.